The van der Waals surface area contributed by atoms with Crippen LogP contribution >= 0.6 is 0 Å². The zero-order valence-electron chi connectivity index (χ0n) is 28.5. The molecule has 49 heavy (non-hydrogen) atoms. The zero-order chi connectivity index (χ0) is 36.0. The van der Waals surface area contributed by atoms with Gasteiger partial charge in [-0.2, -0.15) is 0 Å². The van der Waals surface area contributed by atoms with Crippen LogP contribution in [0.25, 0.3) is 0 Å². The van der Waals surface area contributed by atoms with Crippen molar-refractivity contribution in [2.75, 3.05) is 6.54 Å². The summed E-state index contributed by atoms with van der Waals surface area (Å²) < 4.78 is 16.3. The predicted octanol–water partition coefficient (Wildman–Crippen LogP) is 5.24. The molecule has 2 atom stereocenters. The van der Waals surface area contributed by atoms with Crippen molar-refractivity contribution in [2.24, 2.45) is 0 Å². The Hall–Kier alpha value is -5.39. The third kappa shape index (κ3) is 12.3. The van der Waals surface area contributed by atoms with Gasteiger partial charge in [0.25, 0.3) is 0 Å². The molecule has 0 fully saturated rings. The molecular weight excluding hydrogens is 630 g/mol. The van der Waals surface area contributed by atoms with E-state index in [1.165, 1.54) is 13.8 Å². The number of alkyl carbamates (subject to hydrolysis) is 2. The van der Waals surface area contributed by atoms with Gasteiger partial charge in [0, 0.05) is 19.4 Å². The molecule has 0 bridgehead atoms. The number of benzene rings is 3. The van der Waals surface area contributed by atoms with E-state index in [-0.39, 0.29) is 32.6 Å². The molecule has 0 saturated carbocycles. The van der Waals surface area contributed by atoms with Crippen molar-refractivity contribution in [3.8, 4) is 0 Å². The Morgan fingerprint density at radius 2 is 1.20 bits per heavy atom. The number of carboxylic acid groups (broad SMARTS) is 1. The maximum atomic E-state index is 14.2. The van der Waals surface area contributed by atoms with Gasteiger partial charge >= 0.3 is 24.1 Å². The topological polar surface area (TPSA) is 161 Å². The van der Waals surface area contributed by atoms with E-state index in [2.05, 4.69) is 10.6 Å². The number of aliphatic carboxylic acids is 1. The molecule has 0 saturated heterocycles. The van der Waals surface area contributed by atoms with Crippen LogP contribution in [-0.4, -0.2) is 69.8 Å². The molecule has 0 aliphatic carbocycles. The van der Waals surface area contributed by atoms with Crippen molar-refractivity contribution in [3.63, 3.8) is 0 Å². The number of rotatable bonds is 15. The van der Waals surface area contributed by atoms with Crippen LogP contribution in [0.5, 0.6) is 0 Å². The maximum Gasteiger partial charge on any atom is 0.408 e. The summed E-state index contributed by atoms with van der Waals surface area (Å²) in [6.07, 6.45) is -2.14. The van der Waals surface area contributed by atoms with Crippen LogP contribution in [0.2, 0.25) is 0 Å². The number of nitrogens with one attached hydrogen (secondary N) is 2. The summed E-state index contributed by atoms with van der Waals surface area (Å²) in [4.78, 5) is 67.3. The van der Waals surface area contributed by atoms with Crippen LogP contribution in [0.15, 0.2) is 91.0 Å². The molecule has 0 radical (unpaired) electrons. The van der Waals surface area contributed by atoms with Gasteiger partial charge in [-0.1, -0.05) is 91.0 Å². The van der Waals surface area contributed by atoms with Crippen molar-refractivity contribution < 1.29 is 43.3 Å². The molecule has 3 amide bonds. The average Bonchev–Trinajstić information content (AvgIpc) is 3.05. The smallest absolute Gasteiger partial charge is 0.408 e. The van der Waals surface area contributed by atoms with Gasteiger partial charge in [-0.15, -0.1) is 0 Å². The molecule has 12 nitrogen and oxygen atoms in total. The first kappa shape index (κ1) is 38.1. The van der Waals surface area contributed by atoms with Gasteiger partial charge in [-0.25, -0.2) is 19.2 Å². The van der Waals surface area contributed by atoms with Gasteiger partial charge < -0.3 is 34.9 Å². The molecule has 3 aromatic carbocycles. The third-order valence-electron chi connectivity index (χ3n) is 7.40. The molecule has 0 aliphatic rings. The Morgan fingerprint density at radius 3 is 1.69 bits per heavy atom. The fourth-order valence-electron chi connectivity index (χ4n) is 5.11. The van der Waals surface area contributed by atoms with Gasteiger partial charge in [0.1, 0.15) is 24.9 Å². The summed E-state index contributed by atoms with van der Waals surface area (Å²) in [6, 6.07) is 23.6. The largest absolute Gasteiger partial charge is 0.480 e. The van der Waals surface area contributed by atoms with E-state index in [1.54, 1.807) is 106 Å². The van der Waals surface area contributed by atoms with E-state index in [0.29, 0.717) is 16.7 Å². The second-order valence-electron chi connectivity index (χ2n) is 12.9. The van der Waals surface area contributed by atoms with Gasteiger partial charge in [0.2, 0.25) is 5.91 Å². The number of carbonyl (C=O) groups is 5. The second-order valence-corrected chi connectivity index (χ2v) is 12.9. The molecule has 0 heterocycles. The van der Waals surface area contributed by atoms with Crippen LogP contribution in [0.1, 0.15) is 57.7 Å². The average molecular weight is 676 g/mol. The minimum absolute atomic E-state index is 0.0338. The van der Waals surface area contributed by atoms with Crippen molar-refractivity contribution in [1.82, 2.24) is 15.5 Å². The number of esters is 1. The molecule has 0 unspecified atom stereocenters. The molecule has 0 spiro atoms. The molecule has 12 heteroatoms. The lowest BCUT2D eigenvalue weighted by molar-refractivity contribution is -0.164. The number of carboxylic acids is 1. The Morgan fingerprint density at radius 1 is 0.714 bits per heavy atom. The standard InChI is InChI=1S/C37H45N3O9/c1-36(2,3)49-34(45)38-22-21-30(41)40(37(4,5)31(32(42)43)39-35(46)48-25-28-19-13-8-14-20-28)29(23-26-15-9-6-10-16-26)33(44)47-24-27-17-11-7-12-18-27/h6-20,29,31H,21-25H2,1-5H3,(H,38,45)(H,39,46)(H,42,43)/t29-,31+/m0/s1. The highest BCUT2D eigenvalue weighted by molar-refractivity contribution is 5.88. The molecule has 3 aromatic rings. The monoisotopic (exact) mass is 675 g/mol. The van der Waals surface area contributed by atoms with Crippen LogP contribution in [0.4, 0.5) is 9.59 Å². The van der Waals surface area contributed by atoms with Crippen LogP contribution in [0.3, 0.4) is 0 Å². The molecule has 3 N–H and O–H groups in total. The predicted molar refractivity (Wildman–Crippen MR) is 181 cm³/mol. The van der Waals surface area contributed by atoms with E-state index < -0.39 is 53.3 Å². The van der Waals surface area contributed by atoms with Crippen molar-refractivity contribution in [2.45, 2.75) is 83.9 Å². The molecule has 3 rings (SSSR count). The molecule has 262 valence electrons. The number of ether oxygens (including phenoxy) is 3. The number of hydrogen-bond acceptors (Lipinski definition) is 8. The number of hydrogen-bond donors (Lipinski definition) is 3. The summed E-state index contributed by atoms with van der Waals surface area (Å²) in [6.45, 7) is 7.56. The second kappa shape index (κ2) is 17.7. The lowest BCUT2D eigenvalue weighted by Crippen LogP contribution is -2.67. The molecular formula is C37H45N3O9. The summed E-state index contributed by atoms with van der Waals surface area (Å²) in [5.74, 6) is -2.93. The van der Waals surface area contributed by atoms with Crippen molar-refractivity contribution in [3.05, 3.63) is 108 Å². The zero-order valence-corrected chi connectivity index (χ0v) is 28.5. The van der Waals surface area contributed by atoms with Gasteiger partial charge in [0.05, 0.1) is 5.54 Å². The first-order valence-corrected chi connectivity index (χ1v) is 15.9. The number of amides is 3. The fraction of sp³-hybridized carbons (Fsp3) is 0.378. The van der Waals surface area contributed by atoms with Crippen LogP contribution < -0.4 is 10.6 Å². The Kier molecular flexibility index (Phi) is 13.7. The highest BCUT2D eigenvalue weighted by atomic mass is 16.6. The first-order valence-electron chi connectivity index (χ1n) is 15.9. The van der Waals surface area contributed by atoms with Gasteiger partial charge in [-0.3, -0.25) is 4.79 Å². The highest BCUT2D eigenvalue weighted by Gasteiger charge is 2.48. The number of carbonyl (C=O) groups excluding carboxylic acids is 4. The maximum absolute atomic E-state index is 14.2. The van der Waals surface area contributed by atoms with Gasteiger partial charge in [-0.05, 0) is 51.3 Å². The Labute approximate surface area is 286 Å². The molecule has 0 aromatic heterocycles. The summed E-state index contributed by atoms with van der Waals surface area (Å²) >= 11 is 0. The minimum atomic E-state index is -1.74. The Balaban J connectivity index is 1.97. The Bertz CT molecular complexity index is 1540. The summed E-state index contributed by atoms with van der Waals surface area (Å²) in [5.41, 5.74) is -0.458. The minimum Gasteiger partial charge on any atom is -0.480 e. The quantitative estimate of drug-likeness (QED) is 0.145. The summed E-state index contributed by atoms with van der Waals surface area (Å²) in [5, 5.41) is 15.3. The highest BCUT2D eigenvalue weighted by Crippen LogP contribution is 2.27. The third-order valence-corrected chi connectivity index (χ3v) is 7.40. The lowest BCUT2D eigenvalue weighted by Gasteiger charge is -2.45. The van der Waals surface area contributed by atoms with Crippen molar-refractivity contribution in [1.29, 1.82) is 0 Å². The lowest BCUT2D eigenvalue weighted by atomic mass is 9.88. The summed E-state index contributed by atoms with van der Waals surface area (Å²) in [7, 11) is 0. The first-order chi connectivity index (χ1) is 23.2. The fourth-order valence-corrected chi connectivity index (χ4v) is 5.11. The normalized spacial score (nSPS) is 12.5. The van der Waals surface area contributed by atoms with E-state index in [4.69, 9.17) is 14.2 Å². The van der Waals surface area contributed by atoms with E-state index in [0.717, 1.165) is 4.90 Å². The van der Waals surface area contributed by atoms with E-state index in [9.17, 15) is 29.1 Å². The van der Waals surface area contributed by atoms with Crippen molar-refractivity contribution >= 4 is 30.0 Å². The van der Waals surface area contributed by atoms with E-state index >= 15 is 0 Å². The SMILES string of the molecule is CC(C)(C)OC(=O)NCCC(=O)N([C@@H](Cc1ccccc1)C(=O)OCc1ccccc1)C(C)(C)[C@H](NC(=O)OCc1ccccc1)C(=O)O. The van der Waals surface area contributed by atoms with E-state index in [1.807, 2.05) is 6.07 Å². The van der Waals surface area contributed by atoms with Crippen LogP contribution in [0, 0.1) is 0 Å². The van der Waals surface area contributed by atoms with Gasteiger partial charge in [0.15, 0.2) is 6.04 Å². The number of nitrogens with zero attached hydrogens (tertiary/aromatic N) is 1. The molecule has 0 aliphatic heterocycles. The van der Waals surface area contributed by atoms with Crippen LogP contribution in [-0.2, 0) is 48.2 Å².